The topological polar surface area (TPSA) is 72.9 Å². The molecular formula is C10H17NO5S. The van der Waals surface area contributed by atoms with Crippen LogP contribution in [0.25, 0.3) is 0 Å². The zero-order valence-corrected chi connectivity index (χ0v) is 11.0. The van der Waals surface area contributed by atoms with Crippen LogP contribution >= 0.6 is 0 Å². The van der Waals surface area contributed by atoms with Crippen LogP contribution in [0.5, 0.6) is 0 Å². The van der Waals surface area contributed by atoms with Crippen molar-refractivity contribution in [3.05, 3.63) is 0 Å². The zero-order valence-electron chi connectivity index (χ0n) is 10.2. The molecule has 0 amide bonds. The predicted molar refractivity (Wildman–Crippen MR) is 60.9 cm³/mol. The summed E-state index contributed by atoms with van der Waals surface area (Å²) in [7, 11) is 0. The number of carbonyl (C=O) groups excluding carboxylic acids is 2. The molecule has 0 aromatic carbocycles. The van der Waals surface area contributed by atoms with E-state index in [4.69, 9.17) is 4.74 Å². The van der Waals surface area contributed by atoms with E-state index in [9.17, 15) is 13.8 Å². The van der Waals surface area contributed by atoms with Gasteiger partial charge in [0.1, 0.15) is 12.1 Å². The van der Waals surface area contributed by atoms with Gasteiger partial charge in [0, 0.05) is 0 Å². The summed E-state index contributed by atoms with van der Waals surface area (Å²) in [5.41, 5.74) is 0. The minimum Gasteiger partial charge on any atom is -0.465 e. The molecule has 0 radical (unpaired) electrons. The molecule has 1 heterocycles. The van der Waals surface area contributed by atoms with Gasteiger partial charge in [0.15, 0.2) is 0 Å². The summed E-state index contributed by atoms with van der Waals surface area (Å²) in [5.74, 6) is -1.04. The van der Waals surface area contributed by atoms with Crippen LogP contribution in [0.15, 0.2) is 0 Å². The number of carbonyl (C=O) groups is 2. The van der Waals surface area contributed by atoms with E-state index >= 15 is 0 Å². The van der Waals surface area contributed by atoms with Crippen molar-refractivity contribution in [1.29, 1.82) is 0 Å². The van der Waals surface area contributed by atoms with Gasteiger partial charge in [0.2, 0.25) is 0 Å². The average molecular weight is 263 g/mol. The SMILES string of the molecule is CCC[C@H](C(=O)OCC)N1[C@@H](C)C(=O)OS1=O. The highest BCUT2D eigenvalue weighted by Crippen LogP contribution is 2.23. The van der Waals surface area contributed by atoms with E-state index in [2.05, 4.69) is 4.18 Å². The molecule has 0 saturated carbocycles. The molecule has 0 aromatic rings. The van der Waals surface area contributed by atoms with Gasteiger partial charge in [-0.15, -0.1) is 0 Å². The third-order valence-corrected chi connectivity index (χ3v) is 3.70. The first-order chi connectivity index (χ1) is 8.02. The molecule has 1 fully saturated rings. The molecule has 1 aliphatic heterocycles. The van der Waals surface area contributed by atoms with Crippen molar-refractivity contribution in [1.82, 2.24) is 4.31 Å². The lowest BCUT2D eigenvalue weighted by Crippen LogP contribution is -2.45. The van der Waals surface area contributed by atoms with Crippen LogP contribution in [0.3, 0.4) is 0 Å². The van der Waals surface area contributed by atoms with Gasteiger partial charge in [-0.05, 0) is 20.3 Å². The Morgan fingerprint density at radius 3 is 2.65 bits per heavy atom. The van der Waals surface area contributed by atoms with Gasteiger partial charge >= 0.3 is 11.9 Å². The van der Waals surface area contributed by atoms with Crippen LogP contribution in [0, 0.1) is 0 Å². The Balaban J connectivity index is 2.86. The van der Waals surface area contributed by atoms with Crippen molar-refractivity contribution < 1.29 is 22.7 Å². The monoisotopic (exact) mass is 263 g/mol. The largest absolute Gasteiger partial charge is 0.465 e. The number of hydrogen-bond acceptors (Lipinski definition) is 5. The molecule has 0 N–H and O–H groups in total. The summed E-state index contributed by atoms with van der Waals surface area (Å²) >= 11 is -1.89. The standard InChI is InChI=1S/C10H17NO5S/c1-4-6-8(10(13)15-5-2)11-7(3)9(12)16-17(11)14/h7-8H,4-6H2,1-3H3/t7-,8+,17?/m0/s1. The van der Waals surface area contributed by atoms with Crippen LogP contribution in [0.1, 0.15) is 33.6 Å². The molecule has 0 bridgehead atoms. The van der Waals surface area contributed by atoms with E-state index in [1.807, 2.05) is 6.92 Å². The van der Waals surface area contributed by atoms with E-state index in [1.54, 1.807) is 13.8 Å². The highest BCUT2D eigenvalue weighted by molar-refractivity contribution is 7.78. The second-order valence-electron chi connectivity index (χ2n) is 3.71. The molecule has 1 saturated heterocycles. The van der Waals surface area contributed by atoms with Gasteiger partial charge in [0.05, 0.1) is 6.61 Å². The number of nitrogens with zero attached hydrogens (tertiary/aromatic N) is 1. The fraction of sp³-hybridized carbons (Fsp3) is 0.800. The molecule has 3 atom stereocenters. The Hall–Kier alpha value is -0.950. The van der Waals surface area contributed by atoms with Crippen molar-refractivity contribution in [2.75, 3.05) is 6.61 Å². The van der Waals surface area contributed by atoms with E-state index in [0.29, 0.717) is 6.42 Å². The summed E-state index contributed by atoms with van der Waals surface area (Å²) < 4.78 is 22.4. The van der Waals surface area contributed by atoms with Crippen molar-refractivity contribution in [3.8, 4) is 0 Å². The fourth-order valence-electron chi connectivity index (χ4n) is 1.65. The molecule has 0 spiro atoms. The van der Waals surface area contributed by atoms with Crippen molar-refractivity contribution >= 4 is 23.2 Å². The number of ether oxygens (including phenoxy) is 1. The van der Waals surface area contributed by atoms with Crippen molar-refractivity contribution in [2.24, 2.45) is 0 Å². The maximum atomic E-state index is 11.8. The van der Waals surface area contributed by atoms with Crippen molar-refractivity contribution in [2.45, 2.75) is 45.7 Å². The summed E-state index contributed by atoms with van der Waals surface area (Å²) in [4.78, 5) is 23.0. The van der Waals surface area contributed by atoms with Gasteiger partial charge in [-0.1, -0.05) is 13.3 Å². The van der Waals surface area contributed by atoms with Gasteiger partial charge in [-0.2, -0.15) is 8.51 Å². The van der Waals surface area contributed by atoms with Crippen LogP contribution in [0.4, 0.5) is 0 Å². The first kappa shape index (κ1) is 14.1. The van der Waals surface area contributed by atoms with Crippen LogP contribution in [0.2, 0.25) is 0 Å². The summed E-state index contributed by atoms with van der Waals surface area (Å²) in [6.45, 7) is 5.42. The third-order valence-electron chi connectivity index (χ3n) is 2.48. The Kier molecular flexibility index (Phi) is 5.07. The average Bonchev–Trinajstić information content (AvgIpc) is 2.51. The van der Waals surface area contributed by atoms with Gasteiger partial charge in [-0.3, -0.25) is 4.79 Å². The minimum atomic E-state index is -1.89. The summed E-state index contributed by atoms with van der Waals surface area (Å²) in [6.07, 6.45) is 1.20. The molecule has 1 unspecified atom stereocenters. The molecule has 6 nitrogen and oxygen atoms in total. The first-order valence-corrected chi connectivity index (χ1v) is 6.65. The number of esters is 1. The molecule has 1 rings (SSSR count). The van der Waals surface area contributed by atoms with Gasteiger partial charge < -0.3 is 8.92 Å². The second-order valence-corrected chi connectivity index (χ2v) is 4.73. The molecule has 7 heteroatoms. The lowest BCUT2D eigenvalue weighted by atomic mass is 10.1. The highest BCUT2D eigenvalue weighted by atomic mass is 32.2. The maximum Gasteiger partial charge on any atom is 0.339 e. The Morgan fingerprint density at radius 2 is 2.24 bits per heavy atom. The minimum absolute atomic E-state index is 0.253. The highest BCUT2D eigenvalue weighted by Gasteiger charge is 2.45. The van der Waals surface area contributed by atoms with Crippen molar-refractivity contribution in [3.63, 3.8) is 0 Å². The third kappa shape index (κ3) is 3.04. The maximum absolute atomic E-state index is 11.8. The van der Waals surface area contributed by atoms with Gasteiger partial charge in [0.25, 0.3) is 11.3 Å². The molecule has 0 aromatic heterocycles. The predicted octanol–water partition coefficient (Wildman–Crippen LogP) is 0.544. The van der Waals surface area contributed by atoms with Crippen LogP contribution in [-0.2, 0) is 29.8 Å². The molecule has 0 aliphatic carbocycles. The lowest BCUT2D eigenvalue weighted by molar-refractivity contribution is -0.148. The second kappa shape index (κ2) is 6.11. The molecule has 1 aliphatic rings. The van der Waals surface area contributed by atoms with E-state index in [1.165, 1.54) is 4.31 Å². The number of rotatable bonds is 5. The smallest absolute Gasteiger partial charge is 0.339 e. The molecular weight excluding hydrogens is 246 g/mol. The van der Waals surface area contributed by atoms with Gasteiger partial charge in [-0.25, -0.2) is 4.79 Å². The molecule has 17 heavy (non-hydrogen) atoms. The summed E-state index contributed by atoms with van der Waals surface area (Å²) in [5, 5.41) is 0. The fourth-order valence-corrected chi connectivity index (χ4v) is 2.76. The Bertz CT molecular complexity index is 333. The zero-order chi connectivity index (χ0) is 13.0. The quantitative estimate of drug-likeness (QED) is 0.677. The first-order valence-electron chi connectivity index (χ1n) is 5.61. The normalized spacial score (nSPS) is 26.6. The summed E-state index contributed by atoms with van der Waals surface area (Å²) in [6, 6.07) is -1.38. The van der Waals surface area contributed by atoms with E-state index in [0.717, 1.165) is 6.42 Å². The van der Waals surface area contributed by atoms with E-state index < -0.39 is 35.3 Å². The van der Waals surface area contributed by atoms with E-state index in [-0.39, 0.29) is 6.61 Å². The van der Waals surface area contributed by atoms with Crippen LogP contribution in [-0.4, -0.2) is 39.1 Å². The lowest BCUT2D eigenvalue weighted by Gasteiger charge is -2.23. The Morgan fingerprint density at radius 1 is 1.59 bits per heavy atom. The number of hydrogen-bond donors (Lipinski definition) is 0. The Labute approximate surface area is 103 Å². The molecule has 98 valence electrons. The van der Waals surface area contributed by atoms with Crippen LogP contribution < -0.4 is 0 Å².